The highest BCUT2D eigenvalue weighted by atomic mass is 19.1. The van der Waals surface area contributed by atoms with Crippen LogP contribution in [0, 0.1) is 12.7 Å². The van der Waals surface area contributed by atoms with Crippen LogP contribution in [0.25, 0.3) is 33.8 Å². The molecular formula is C20H14FN6O+. The minimum Gasteiger partial charge on any atom is -0.268 e. The summed E-state index contributed by atoms with van der Waals surface area (Å²) >= 11 is 0. The predicted octanol–water partition coefficient (Wildman–Crippen LogP) is 2.36. The third-order valence-corrected chi connectivity index (χ3v) is 4.51. The molecule has 0 amide bonds. The van der Waals surface area contributed by atoms with Crippen molar-refractivity contribution in [3.63, 3.8) is 0 Å². The Morgan fingerprint density at radius 3 is 2.64 bits per heavy atom. The number of benzene rings is 1. The molecule has 0 aliphatic carbocycles. The van der Waals surface area contributed by atoms with Crippen molar-refractivity contribution in [2.75, 3.05) is 0 Å². The second kappa shape index (κ2) is 6.05. The van der Waals surface area contributed by atoms with Crippen LogP contribution in [-0.2, 0) is 0 Å². The zero-order chi connectivity index (χ0) is 19.3. The Hall–Kier alpha value is -3.94. The van der Waals surface area contributed by atoms with Gasteiger partial charge in [-0.25, -0.2) is 14.5 Å². The Morgan fingerprint density at radius 2 is 1.89 bits per heavy atom. The van der Waals surface area contributed by atoms with Crippen LogP contribution in [0.5, 0.6) is 0 Å². The third kappa shape index (κ3) is 2.46. The summed E-state index contributed by atoms with van der Waals surface area (Å²) in [6, 6.07) is 13.1. The summed E-state index contributed by atoms with van der Waals surface area (Å²) in [7, 11) is 0. The van der Waals surface area contributed by atoms with Crippen molar-refractivity contribution in [2.24, 2.45) is 0 Å². The molecule has 28 heavy (non-hydrogen) atoms. The Labute approximate surface area is 157 Å². The maximum absolute atomic E-state index is 13.5. The molecule has 7 nitrogen and oxygen atoms in total. The van der Waals surface area contributed by atoms with Gasteiger partial charge in [-0.2, -0.15) is 0 Å². The molecule has 0 saturated heterocycles. The normalized spacial score (nSPS) is 11.4. The van der Waals surface area contributed by atoms with Crippen LogP contribution in [-0.4, -0.2) is 24.6 Å². The second-order valence-electron chi connectivity index (χ2n) is 6.35. The van der Waals surface area contributed by atoms with Crippen LogP contribution < -0.4 is 10.1 Å². The average molecular weight is 373 g/mol. The van der Waals surface area contributed by atoms with Gasteiger partial charge in [0, 0.05) is 24.9 Å². The second-order valence-corrected chi connectivity index (χ2v) is 6.35. The van der Waals surface area contributed by atoms with Crippen molar-refractivity contribution in [1.82, 2.24) is 24.6 Å². The molecule has 5 rings (SSSR count). The van der Waals surface area contributed by atoms with Crippen molar-refractivity contribution in [3.05, 3.63) is 82.9 Å². The van der Waals surface area contributed by atoms with E-state index in [9.17, 15) is 9.18 Å². The highest BCUT2D eigenvalue weighted by molar-refractivity contribution is 5.90. The first-order valence-corrected chi connectivity index (χ1v) is 8.63. The Balaban J connectivity index is 1.94. The number of hydrogen-bond acceptors (Lipinski definition) is 4. The quantitative estimate of drug-likeness (QED) is 0.482. The molecule has 4 aromatic heterocycles. The van der Waals surface area contributed by atoms with E-state index >= 15 is 0 Å². The molecule has 0 unspecified atom stereocenters. The molecule has 0 atom stereocenters. The number of aromatic amines is 1. The van der Waals surface area contributed by atoms with Gasteiger partial charge in [0.05, 0.1) is 0 Å². The fraction of sp³-hybridized carbons (Fsp3) is 0.0500. The van der Waals surface area contributed by atoms with E-state index in [4.69, 9.17) is 0 Å². The molecule has 0 aliphatic heterocycles. The molecule has 0 fully saturated rings. The number of hydrogen-bond donors (Lipinski definition) is 1. The lowest BCUT2D eigenvalue weighted by atomic mass is 10.1. The van der Waals surface area contributed by atoms with Crippen molar-refractivity contribution < 1.29 is 8.91 Å². The maximum atomic E-state index is 13.5. The van der Waals surface area contributed by atoms with Crippen molar-refractivity contribution in [2.45, 2.75) is 6.92 Å². The van der Waals surface area contributed by atoms with E-state index < -0.39 is 0 Å². The first-order chi connectivity index (χ1) is 13.6. The standard InChI is InChI=1S/C20H13FN6O/c1-12-23-20-24-15-9-11-26(16-4-2-3-10-22-16)19(28)17(15)18(27(20)25-12)13-5-7-14(21)8-6-13/h2-11H,1H3/p+1. The van der Waals surface area contributed by atoms with E-state index in [-0.39, 0.29) is 11.4 Å². The monoisotopic (exact) mass is 373 g/mol. The van der Waals surface area contributed by atoms with Gasteiger partial charge in [0.2, 0.25) is 5.82 Å². The van der Waals surface area contributed by atoms with E-state index in [0.29, 0.717) is 39.6 Å². The highest BCUT2D eigenvalue weighted by Crippen LogP contribution is 2.23. The number of pyridine rings is 2. The van der Waals surface area contributed by atoms with Gasteiger partial charge in [-0.3, -0.25) is 9.36 Å². The summed E-state index contributed by atoms with van der Waals surface area (Å²) in [6.45, 7) is 1.81. The average Bonchev–Trinajstić information content (AvgIpc) is 3.08. The maximum Gasteiger partial charge on any atom is 0.458 e. The molecule has 0 aliphatic rings. The third-order valence-electron chi connectivity index (χ3n) is 4.51. The molecule has 1 N–H and O–H groups in total. The summed E-state index contributed by atoms with van der Waals surface area (Å²) in [5, 5.41) is 3.49. The van der Waals surface area contributed by atoms with Gasteiger partial charge in [0.1, 0.15) is 17.0 Å². The molecular weight excluding hydrogens is 359 g/mol. The number of aromatic nitrogens is 6. The fourth-order valence-electron chi connectivity index (χ4n) is 3.29. The van der Waals surface area contributed by atoms with Gasteiger partial charge >= 0.3 is 5.78 Å². The van der Waals surface area contributed by atoms with Crippen LogP contribution in [0.2, 0.25) is 0 Å². The number of nitrogens with one attached hydrogen (secondary N) is 1. The zero-order valence-corrected chi connectivity index (χ0v) is 14.8. The van der Waals surface area contributed by atoms with Crippen LogP contribution in [0.4, 0.5) is 4.39 Å². The minimum atomic E-state index is -0.352. The van der Waals surface area contributed by atoms with Crippen molar-refractivity contribution in [1.29, 1.82) is 0 Å². The van der Waals surface area contributed by atoms with E-state index in [1.54, 1.807) is 54.2 Å². The van der Waals surface area contributed by atoms with Gasteiger partial charge in [-0.15, -0.1) is 4.52 Å². The van der Waals surface area contributed by atoms with Crippen LogP contribution in [0.1, 0.15) is 5.82 Å². The Kier molecular flexibility index (Phi) is 3.51. The number of nitrogens with zero attached hydrogens (tertiary/aromatic N) is 5. The molecule has 0 bridgehead atoms. The Morgan fingerprint density at radius 1 is 1.07 bits per heavy atom. The summed E-state index contributed by atoms with van der Waals surface area (Å²) in [6.07, 6.45) is 3.27. The number of halogens is 1. The molecule has 136 valence electrons. The lowest BCUT2D eigenvalue weighted by Crippen LogP contribution is -2.31. The van der Waals surface area contributed by atoms with Gasteiger partial charge in [0.25, 0.3) is 5.56 Å². The van der Waals surface area contributed by atoms with Gasteiger partial charge in [-0.05, 0) is 42.5 Å². The number of aryl methyl sites for hydroxylation is 1. The summed E-state index contributed by atoms with van der Waals surface area (Å²) in [5.41, 5.74) is 1.46. The SMILES string of the molecule is Cc1nc2nc3ccn(-c4ccccn4)c(=O)c3c(-c3ccc(F)cc3)[n+]2[nH]1. The molecule has 4 heterocycles. The van der Waals surface area contributed by atoms with Gasteiger partial charge < -0.3 is 0 Å². The van der Waals surface area contributed by atoms with E-state index in [1.807, 2.05) is 6.07 Å². The molecule has 0 saturated carbocycles. The van der Waals surface area contributed by atoms with Crippen LogP contribution in [0.3, 0.4) is 0 Å². The molecule has 0 radical (unpaired) electrons. The van der Waals surface area contributed by atoms with Crippen LogP contribution in [0.15, 0.2) is 65.7 Å². The lowest BCUT2D eigenvalue weighted by Gasteiger charge is -2.08. The van der Waals surface area contributed by atoms with Crippen molar-refractivity contribution >= 4 is 16.7 Å². The van der Waals surface area contributed by atoms with Gasteiger partial charge in [-0.1, -0.05) is 16.0 Å². The van der Waals surface area contributed by atoms with Crippen LogP contribution >= 0.6 is 0 Å². The van der Waals surface area contributed by atoms with Gasteiger partial charge in [0.15, 0.2) is 11.2 Å². The zero-order valence-electron chi connectivity index (χ0n) is 14.8. The molecule has 5 aromatic rings. The summed E-state index contributed by atoms with van der Waals surface area (Å²) in [4.78, 5) is 26.6. The lowest BCUT2D eigenvalue weighted by molar-refractivity contribution is -0.567. The smallest absolute Gasteiger partial charge is 0.268 e. The number of rotatable bonds is 2. The number of fused-ring (bicyclic) bond motifs is 2. The summed E-state index contributed by atoms with van der Waals surface area (Å²) < 4.78 is 16.6. The minimum absolute atomic E-state index is 0.273. The van der Waals surface area contributed by atoms with E-state index in [1.165, 1.54) is 16.7 Å². The predicted molar refractivity (Wildman–Crippen MR) is 101 cm³/mol. The van der Waals surface area contributed by atoms with E-state index in [0.717, 1.165) is 0 Å². The van der Waals surface area contributed by atoms with E-state index in [2.05, 4.69) is 20.1 Å². The number of H-pyrrole nitrogens is 1. The summed E-state index contributed by atoms with van der Waals surface area (Å²) in [5.74, 6) is 1.23. The van der Waals surface area contributed by atoms with Crippen molar-refractivity contribution in [3.8, 4) is 17.1 Å². The largest absolute Gasteiger partial charge is 0.458 e. The molecule has 0 spiro atoms. The fourth-order valence-corrected chi connectivity index (χ4v) is 3.29. The topological polar surface area (TPSA) is 80.6 Å². The Bertz CT molecular complexity index is 1390. The first kappa shape index (κ1) is 16.2. The molecule has 1 aromatic carbocycles. The molecule has 8 heteroatoms. The highest BCUT2D eigenvalue weighted by Gasteiger charge is 2.24. The first-order valence-electron chi connectivity index (χ1n) is 8.63.